The van der Waals surface area contributed by atoms with E-state index in [0.717, 1.165) is 22.8 Å². The van der Waals surface area contributed by atoms with Gasteiger partial charge < -0.3 is 9.13 Å². The summed E-state index contributed by atoms with van der Waals surface area (Å²) in [5.41, 5.74) is 9.19. The largest absolute Gasteiger partial charge is 0.389 e. The summed E-state index contributed by atoms with van der Waals surface area (Å²) < 4.78 is 4.60. The lowest BCUT2D eigenvalue weighted by atomic mass is 9.92. The van der Waals surface area contributed by atoms with Crippen LogP contribution in [0.1, 0.15) is 108 Å². The van der Waals surface area contributed by atoms with Crippen LogP contribution in [0.25, 0.3) is 0 Å². The van der Waals surface area contributed by atoms with Gasteiger partial charge in [0.25, 0.3) is 0 Å². The minimum absolute atomic E-state index is 0.303. The molecule has 2 nitrogen and oxygen atoms in total. The van der Waals surface area contributed by atoms with Crippen LogP contribution in [0, 0.1) is 0 Å². The first-order valence-corrected chi connectivity index (χ1v) is 20.3. The second kappa shape index (κ2) is 11.3. The van der Waals surface area contributed by atoms with E-state index in [4.69, 9.17) is 33.2 Å². The first-order valence-electron chi connectivity index (χ1n) is 12.9. The normalized spacial score (nSPS) is 18.9. The molecule has 0 saturated heterocycles. The number of nitrogens with zero attached hydrogens (tertiary/aromatic N) is 2. The second-order valence-corrected chi connectivity index (χ2v) is 24.4. The van der Waals surface area contributed by atoms with E-state index in [9.17, 15) is 0 Å². The third-order valence-corrected chi connectivity index (χ3v) is 21.7. The molecule has 0 saturated carbocycles. The highest BCUT2D eigenvalue weighted by Crippen LogP contribution is 2.50. The fourth-order valence-electron chi connectivity index (χ4n) is 5.22. The van der Waals surface area contributed by atoms with Crippen molar-refractivity contribution < 1.29 is 0 Å². The fraction of sp³-hybridized carbons (Fsp3) is 0.448. The van der Waals surface area contributed by atoms with Crippen LogP contribution in [-0.2, 0) is 0 Å². The summed E-state index contributed by atoms with van der Waals surface area (Å²) in [5.74, 6) is 1.24. The first kappa shape index (κ1) is 29.4. The summed E-state index contributed by atoms with van der Waals surface area (Å²) in [6.07, 6.45) is 2.15. The maximum absolute atomic E-state index is 7.98. The summed E-state index contributed by atoms with van der Waals surface area (Å²) in [7, 11) is -3.29. The van der Waals surface area contributed by atoms with Gasteiger partial charge in [-0.2, -0.15) is 0 Å². The predicted octanol–water partition coefficient (Wildman–Crippen LogP) is 10.1. The molecule has 0 spiro atoms. The van der Waals surface area contributed by atoms with Gasteiger partial charge in [0.1, 0.15) is 0 Å². The molecule has 0 aromatic heterocycles. The first-order chi connectivity index (χ1) is 16.7. The van der Waals surface area contributed by atoms with E-state index in [-0.39, 0.29) is 0 Å². The molecule has 1 unspecified atom stereocenters. The maximum atomic E-state index is 7.98. The van der Waals surface area contributed by atoms with Crippen molar-refractivity contribution in [1.82, 2.24) is 0 Å². The Bertz CT molecular complexity index is 1100. The summed E-state index contributed by atoms with van der Waals surface area (Å²) >= 11 is 22.2. The van der Waals surface area contributed by atoms with Gasteiger partial charge in [0, 0.05) is 22.8 Å². The molecule has 2 aromatic carbocycles. The number of allylic oxidation sites excluding steroid dienone is 2. The zero-order valence-corrected chi connectivity index (χ0v) is 27.4. The lowest BCUT2D eigenvalue weighted by molar-refractivity contribution is 0.824. The summed E-state index contributed by atoms with van der Waals surface area (Å²) in [6, 6.07) is 13.1. The molecule has 2 aromatic rings. The highest BCUT2D eigenvalue weighted by molar-refractivity contribution is 7.77. The van der Waals surface area contributed by atoms with Gasteiger partial charge in [-0.25, -0.2) is 0 Å². The Morgan fingerprint density at radius 3 is 1.33 bits per heavy atom. The van der Waals surface area contributed by atoms with Gasteiger partial charge >= 0.3 is 14.2 Å². The highest BCUT2D eigenvalue weighted by Gasteiger charge is 2.58. The van der Waals surface area contributed by atoms with Crippen LogP contribution < -0.4 is 9.13 Å². The summed E-state index contributed by atoms with van der Waals surface area (Å²) in [6.45, 7) is 22.4. The van der Waals surface area contributed by atoms with Crippen LogP contribution >= 0.6 is 33.2 Å². The van der Waals surface area contributed by atoms with E-state index < -0.39 is 14.2 Å². The van der Waals surface area contributed by atoms with E-state index in [1.165, 1.54) is 22.3 Å². The molecule has 3 rings (SSSR count). The number of hydrogen-bond donors (Lipinski definition) is 0. The van der Waals surface area contributed by atoms with Crippen LogP contribution in [0.4, 0.5) is 11.4 Å². The predicted molar refractivity (Wildman–Crippen MR) is 166 cm³/mol. The molecule has 0 amide bonds. The van der Waals surface area contributed by atoms with Crippen LogP contribution in [0.5, 0.6) is 0 Å². The number of hydrogen-bond acceptors (Lipinski definition) is 2. The zero-order valence-electron chi connectivity index (χ0n) is 23.1. The lowest BCUT2D eigenvalue weighted by Crippen LogP contribution is -2.70. The average Bonchev–Trinajstić information content (AvgIpc) is 2.78. The van der Waals surface area contributed by atoms with Gasteiger partial charge in [-0.15, -0.1) is 33.2 Å². The average molecular weight is 579 g/mol. The summed E-state index contributed by atoms with van der Waals surface area (Å²) in [5, 5.41) is 0. The van der Waals surface area contributed by atoms with E-state index in [2.05, 4.69) is 120 Å². The smallest absolute Gasteiger partial charge is 0.342 e. The fourth-order valence-corrected chi connectivity index (χ4v) is 14.8. The van der Waals surface area contributed by atoms with Crippen molar-refractivity contribution in [3.05, 3.63) is 82.7 Å². The van der Waals surface area contributed by atoms with Crippen molar-refractivity contribution in [2.75, 3.05) is 9.13 Å². The van der Waals surface area contributed by atoms with Crippen molar-refractivity contribution >= 4 is 58.8 Å². The number of benzene rings is 2. The van der Waals surface area contributed by atoms with Gasteiger partial charge in [-0.05, 0) is 58.9 Å². The van der Waals surface area contributed by atoms with E-state index in [0.29, 0.717) is 23.7 Å². The molecule has 1 aliphatic heterocycles. The second-order valence-electron chi connectivity index (χ2n) is 11.0. The van der Waals surface area contributed by atoms with Crippen molar-refractivity contribution in [2.45, 2.75) is 86.0 Å². The van der Waals surface area contributed by atoms with Crippen molar-refractivity contribution in [1.29, 1.82) is 0 Å². The quantitative estimate of drug-likeness (QED) is 0.238. The molecule has 1 aliphatic rings. The Morgan fingerprint density at radius 1 is 0.694 bits per heavy atom. The molecule has 7 heteroatoms. The van der Waals surface area contributed by atoms with Gasteiger partial charge in [-0.1, -0.05) is 98.4 Å². The molecule has 36 heavy (non-hydrogen) atoms. The van der Waals surface area contributed by atoms with Crippen LogP contribution in [-0.4, -0.2) is 14.2 Å². The van der Waals surface area contributed by atoms with E-state index >= 15 is 0 Å². The SMILES string of the molecule is C=C1C=C(C)N(c2c(C(C)C)cccc2C(C)C)[Si](Cl)([Si](Cl)Cl)N1c1c(C(C)C)cccc1C(C)C. The lowest BCUT2D eigenvalue weighted by Gasteiger charge is -2.52. The number of halogens is 3. The van der Waals surface area contributed by atoms with Crippen LogP contribution in [0.2, 0.25) is 0 Å². The molecule has 0 N–H and O–H groups in total. The number of rotatable bonds is 7. The van der Waals surface area contributed by atoms with Gasteiger partial charge in [0.15, 0.2) is 0 Å². The minimum atomic E-state index is -3.29. The molecule has 1 atom stereocenters. The highest BCUT2D eigenvalue weighted by atomic mass is 35.7. The Kier molecular flexibility index (Phi) is 9.21. The number of para-hydroxylation sites is 2. The Morgan fingerprint density at radius 2 is 1.03 bits per heavy atom. The molecular weight excluding hydrogens is 539 g/mol. The van der Waals surface area contributed by atoms with Gasteiger partial charge in [-0.3, -0.25) is 0 Å². The minimum Gasteiger partial charge on any atom is -0.342 e. The third-order valence-electron chi connectivity index (χ3n) is 6.98. The zero-order chi connectivity index (χ0) is 27.1. The van der Waals surface area contributed by atoms with Crippen LogP contribution in [0.3, 0.4) is 0 Å². The molecule has 1 radical (unpaired) electrons. The van der Waals surface area contributed by atoms with Crippen molar-refractivity contribution in [2.24, 2.45) is 0 Å². The van der Waals surface area contributed by atoms with E-state index in [1.54, 1.807) is 0 Å². The van der Waals surface area contributed by atoms with Crippen molar-refractivity contribution in [3.63, 3.8) is 0 Å². The van der Waals surface area contributed by atoms with Crippen LogP contribution in [0.15, 0.2) is 60.4 Å². The number of anilines is 2. The molecule has 0 bridgehead atoms. The Balaban J connectivity index is 2.48. The topological polar surface area (TPSA) is 6.48 Å². The Labute approximate surface area is 235 Å². The van der Waals surface area contributed by atoms with Crippen molar-refractivity contribution in [3.8, 4) is 0 Å². The monoisotopic (exact) mass is 577 g/mol. The third kappa shape index (κ3) is 5.09. The molecule has 0 fully saturated rings. The van der Waals surface area contributed by atoms with E-state index in [1.807, 2.05) is 0 Å². The standard InChI is InChI=1S/C29H40Cl3N2Si2/c1-18(2)24-13-11-14-25(19(3)4)28(24)33-22(9)17-23(10)34(36(33,32)35(30)31)29-26(20(5)6)15-12-16-27(29)21(7)8/h11-21H,9H2,1-8,10H3. The molecular formula is C29H40Cl3N2Si2. The molecule has 0 aliphatic carbocycles. The van der Waals surface area contributed by atoms with Gasteiger partial charge in [0.05, 0.1) is 0 Å². The molecule has 195 valence electrons. The van der Waals surface area contributed by atoms with Gasteiger partial charge in [0.2, 0.25) is 0 Å². The maximum Gasteiger partial charge on any atom is 0.389 e. The summed E-state index contributed by atoms with van der Waals surface area (Å²) in [4.78, 5) is 0. The molecule has 1 heterocycles. The Hall–Kier alpha value is -1.18.